The van der Waals surface area contributed by atoms with E-state index in [9.17, 15) is 19.8 Å². The highest BCUT2D eigenvalue weighted by Gasteiger charge is 2.52. The molecule has 0 heterocycles. The maximum atomic E-state index is 14.5. The van der Waals surface area contributed by atoms with Gasteiger partial charge in [-0.05, 0) is 263 Å². The van der Waals surface area contributed by atoms with Gasteiger partial charge in [-0.2, -0.15) is 0 Å². The van der Waals surface area contributed by atoms with Crippen molar-refractivity contribution >= 4 is 57.3 Å². The summed E-state index contributed by atoms with van der Waals surface area (Å²) in [7, 11) is 0. The summed E-state index contributed by atoms with van der Waals surface area (Å²) in [6.07, 6.45) is 24.8. The fraction of sp³-hybridized carbons (Fsp3) is 0.436. The predicted molar refractivity (Wildman–Crippen MR) is 505 cm³/mol. The van der Waals surface area contributed by atoms with E-state index in [1.54, 1.807) is 0 Å². The average Bonchev–Trinajstić information content (AvgIpc) is 0.727. The van der Waals surface area contributed by atoms with E-state index < -0.39 is 24.0 Å². The van der Waals surface area contributed by atoms with Crippen molar-refractivity contribution in [2.45, 2.75) is 288 Å². The van der Waals surface area contributed by atoms with Crippen molar-refractivity contribution in [3.63, 3.8) is 0 Å². The molecule has 0 saturated heterocycles. The molecule has 4 atom stereocenters. The first kappa shape index (κ1) is 89.4. The van der Waals surface area contributed by atoms with Gasteiger partial charge in [-0.15, -0.1) is 0 Å². The number of hydrogen-bond donors (Lipinski definition) is 4. The Labute approximate surface area is 711 Å². The molecule has 10 aromatic carbocycles. The van der Waals surface area contributed by atoms with Crippen LogP contribution in [0.3, 0.4) is 0 Å². The van der Waals surface area contributed by atoms with Crippen LogP contribution in [0.15, 0.2) is 206 Å². The number of aliphatic hydroxyl groups excluding tert-OH is 2. The second kappa shape index (κ2) is 44.1. The number of nitrogens with one attached hydrogen (secondary N) is 2. The monoisotopic (exact) mass is 1580 g/mol. The number of aryl methyl sites for hydroxylation is 4. The molecule has 624 valence electrons. The molecular weight excluding hydrogens is 1440 g/mol. The van der Waals surface area contributed by atoms with Crippen LogP contribution >= 0.6 is 0 Å². The summed E-state index contributed by atoms with van der Waals surface area (Å²) in [5.41, 5.74) is 27.7. The first-order chi connectivity index (χ1) is 57.4. The van der Waals surface area contributed by atoms with Crippen LogP contribution in [0, 0.1) is 51.4 Å². The number of carbonyl (C=O) groups is 2. The smallest absolute Gasteiger partial charge is 0.224 e. The van der Waals surface area contributed by atoms with Crippen molar-refractivity contribution in [3.8, 4) is 44.5 Å². The van der Waals surface area contributed by atoms with E-state index in [1.165, 1.54) is 144 Å². The summed E-state index contributed by atoms with van der Waals surface area (Å²) in [5.74, 6) is 0.594. The van der Waals surface area contributed by atoms with Crippen LogP contribution in [0.2, 0.25) is 0 Å². The van der Waals surface area contributed by atoms with Crippen LogP contribution < -0.4 is 20.4 Å². The molecule has 8 nitrogen and oxygen atoms in total. The maximum Gasteiger partial charge on any atom is 0.224 e. The van der Waals surface area contributed by atoms with Gasteiger partial charge in [0.15, 0.2) is 0 Å². The van der Waals surface area contributed by atoms with Crippen molar-refractivity contribution in [2.24, 2.45) is 23.7 Å². The summed E-state index contributed by atoms with van der Waals surface area (Å²) in [6.45, 7) is 31.5. The minimum atomic E-state index is -1.11. The van der Waals surface area contributed by atoms with Crippen LogP contribution in [0.25, 0.3) is 44.5 Å². The lowest BCUT2D eigenvalue weighted by atomic mass is 9.62. The van der Waals surface area contributed by atoms with Crippen LogP contribution in [0.5, 0.6) is 0 Å². The zero-order valence-corrected chi connectivity index (χ0v) is 74.2. The molecule has 11 rings (SSSR count). The third kappa shape index (κ3) is 22.0. The lowest BCUT2D eigenvalue weighted by Crippen LogP contribution is -2.52. The molecule has 1 aliphatic rings. The van der Waals surface area contributed by atoms with E-state index >= 15 is 0 Å². The quantitative estimate of drug-likeness (QED) is 0.0303. The van der Waals surface area contributed by atoms with E-state index in [0.29, 0.717) is 71.9 Å². The van der Waals surface area contributed by atoms with Crippen molar-refractivity contribution in [2.75, 3.05) is 20.4 Å². The van der Waals surface area contributed by atoms with Gasteiger partial charge in [0.25, 0.3) is 0 Å². The molecule has 1 saturated carbocycles. The minimum Gasteiger partial charge on any atom is -0.392 e. The molecule has 1 aliphatic carbocycles. The third-order valence-electron chi connectivity index (χ3n) is 26.1. The summed E-state index contributed by atoms with van der Waals surface area (Å²) >= 11 is 0. The normalized spacial score (nSPS) is 15.6. The van der Waals surface area contributed by atoms with Gasteiger partial charge in [0.2, 0.25) is 11.8 Å². The predicted octanol–water partition coefficient (Wildman–Crippen LogP) is 30.4. The highest BCUT2D eigenvalue weighted by atomic mass is 16.3. The molecule has 0 aromatic heterocycles. The zero-order valence-electron chi connectivity index (χ0n) is 74.2. The number of aliphatic hydroxyl groups is 2. The SMILES string of the molecule is CCCCC(=O)Nc1cc(N(c2ccc(-c3ccccc3CC(CC)CCCC)cc2C)c2ccc(-c3ccccc3CC(CC)CCCC)cc2C)ccc1C1C(O)C(c2ccc(N(c3ccc(-c4ccccc4CC(CC)CCCC)cc3C)c3ccc(-c4ccccc4CC(CC)CCCC)cc3C)cc2NC(=O)CCCC)C1O. The highest BCUT2D eigenvalue weighted by molar-refractivity contribution is 5.96. The lowest BCUT2D eigenvalue weighted by molar-refractivity contribution is -0.117. The largest absolute Gasteiger partial charge is 0.392 e. The molecule has 4 N–H and O–H groups in total. The standard InChI is InChI=1S/C110H140N4O4/c1-15-25-39-79(21-7)69-83-43-31-35-47-93(83)87-53-61-101(75(11)65-87)113(102-62-54-88(66-76(102)12)94-48-36-32-44-84(94)70-80(22-8)40-26-16-2)91-57-59-97(99(73-91)111-105(115)51-29-19-5)107-109(117)108(110(107)118)98-60-58-92(74-100(98)112-106(116)52-30-20-6)114(103-63-55-89(67-77(103)13)95-49-37-33-45-85(95)71-81(23-9)41-27-17-3)104-64-56-90(68-78(104)14)96-50-38-34-46-86(96)72-82(24-10)42-28-18-4/h31-38,43-50,53-68,73-74,79-82,107-110,117-118H,15-30,39-42,51-52,69-72H2,1-14H3,(H,111,115)(H,112,116). The Balaban J connectivity index is 1.01. The number of carbonyl (C=O) groups excluding carboxylic acids is 2. The van der Waals surface area contributed by atoms with Gasteiger partial charge in [-0.25, -0.2) is 0 Å². The molecule has 2 amide bonds. The summed E-state index contributed by atoms with van der Waals surface area (Å²) in [5, 5.41) is 33.2. The second-order valence-corrected chi connectivity index (χ2v) is 34.7. The molecule has 0 aliphatic heterocycles. The minimum absolute atomic E-state index is 0.127. The highest BCUT2D eigenvalue weighted by Crippen LogP contribution is 2.54. The number of amides is 2. The topological polar surface area (TPSA) is 105 Å². The molecule has 4 unspecified atom stereocenters. The first-order valence-corrected chi connectivity index (χ1v) is 46.0. The van der Waals surface area contributed by atoms with Gasteiger partial charge in [0, 0.05) is 70.2 Å². The Bertz CT molecular complexity index is 4380. The van der Waals surface area contributed by atoms with E-state index in [2.05, 4.69) is 311 Å². The van der Waals surface area contributed by atoms with Gasteiger partial charge < -0.3 is 30.6 Å². The summed E-state index contributed by atoms with van der Waals surface area (Å²) in [6, 6.07) is 75.8. The Morgan fingerprint density at radius 2 is 0.576 bits per heavy atom. The third-order valence-corrected chi connectivity index (χ3v) is 26.1. The van der Waals surface area contributed by atoms with E-state index in [-0.39, 0.29) is 11.8 Å². The summed E-state index contributed by atoms with van der Waals surface area (Å²) < 4.78 is 0. The van der Waals surface area contributed by atoms with Gasteiger partial charge in [-0.1, -0.05) is 318 Å². The van der Waals surface area contributed by atoms with Crippen molar-refractivity contribution in [3.05, 3.63) is 262 Å². The number of nitrogens with zero attached hydrogens (tertiary/aromatic N) is 2. The number of hydrogen-bond acceptors (Lipinski definition) is 6. The van der Waals surface area contributed by atoms with Gasteiger partial charge in [0.05, 0.1) is 12.2 Å². The zero-order chi connectivity index (χ0) is 83.8. The fourth-order valence-corrected chi connectivity index (χ4v) is 18.8. The maximum absolute atomic E-state index is 14.5. The molecule has 0 spiro atoms. The fourth-order valence-electron chi connectivity index (χ4n) is 18.8. The van der Waals surface area contributed by atoms with Crippen molar-refractivity contribution in [1.82, 2.24) is 0 Å². The van der Waals surface area contributed by atoms with Crippen molar-refractivity contribution < 1.29 is 19.8 Å². The Kier molecular flexibility index (Phi) is 33.4. The van der Waals surface area contributed by atoms with Crippen molar-refractivity contribution in [1.29, 1.82) is 0 Å². The Morgan fingerprint density at radius 1 is 0.322 bits per heavy atom. The molecule has 1 fully saturated rings. The van der Waals surface area contributed by atoms with E-state index in [0.717, 1.165) is 121 Å². The molecule has 8 heteroatoms. The van der Waals surface area contributed by atoms with Crippen LogP contribution in [-0.2, 0) is 35.3 Å². The average molecular weight is 1580 g/mol. The Hall–Kier alpha value is -9.34. The molecule has 0 radical (unpaired) electrons. The molecule has 118 heavy (non-hydrogen) atoms. The number of anilines is 8. The molecule has 10 aromatic rings. The molecule has 0 bridgehead atoms. The lowest BCUT2D eigenvalue weighted by Gasteiger charge is -2.48. The summed E-state index contributed by atoms with van der Waals surface area (Å²) in [4.78, 5) is 33.7. The van der Waals surface area contributed by atoms with Crippen LogP contribution in [-0.4, -0.2) is 34.2 Å². The van der Waals surface area contributed by atoms with Crippen LogP contribution in [0.4, 0.5) is 45.5 Å². The second-order valence-electron chi connectivity index (χ2n) is 34.7. The number of unbranched alkanes of at least 4 members (excludes halogenated alkanes) is 6. The van der Waals surface area contributed by atoms with E-state index in [1.807, 2.05) is 12.1 Å². The van der Waals surface area contributed by atoms with E-state index in [4.69, 9.17) is 0 Å². The first-order valence-electron chi connectivity index (χ1n) is 46.0. The number of rotatable bonds is 44. The van der Waals surface area contributed by atoms with Gasteiger partial charge in [0.1, 0.15) is 0 Å². The Morgan fingerprint density at radius 3 is 0.814 bits per heavy atom. The van der Waals surface area contributed by atoms with Gasteiger partial charge in [-0.3, -0.25) is 9.59 Å². The molecular formula is C110H140N4O4. The van der Waals surface area contributed by atoms with Gasteiger partial charge >= 0.3 is 0 Å². The van der Waals surface area contributed by atoms with Crippen LogP contribution in [0.1, 0.15) is 278 Å². The number of benzene rings is 10.